The van der Waals surface area contributed by atoms with E-state index >= 15 is 0 Å². The third-order valence-corrected chi connectivity index (χ3v) is 3.47. The third-order valence-electron chi connectivity index (χ3n) is 3.47. The molecule has 0 aromatic carbocycles. The van der Waals surface area contributed by atoms with E-state index in [2.05, 4.69) is 19.9 Å². The molecule has 1 fully saturated rings. The molecule has 3 heterocycles. The highest BCUT2D eigenvalue weighted by Crippen LogP contribution is 2.22. The quantitative estimate of drug-likeness (QED) is 0.784. The molecule has 0 spiro atoms. The Morgan fingerprint density at radius 2 is 2.05 bits per heavy atom. The third kappa shape index (κ3) is 2.64. The number of Topliss-reactive ketones (excluding diaryl/α,β-unsaturated/α-hetero) is 1. The molecule has 6 heteroatoms. The lowest BCUT2D eigenvalue weighted by Gasteiger charge is -2.31. The molecule has 6 nitrogen and oxygen atoms in total. The summed E-state index contributed by atoms with van der Waals surface area (Å²) in [5.41, 5.74) is 0.537. The fourth-order valence-electron chi connectivity index (χ4n) is 2.49. The first-order valence-electron chi connectivity index (χ1n) is 6.67. The van der Waals surface area contributed by atoms with Crippen LogP contribution in [0.1, 0.15) is 23.3 Å². The van der Waals surface area contributed by atoms with E-state index in [1.807, 2.05) is 17.0 Å². The number of anilines is 1. The molecular weight excluding hydrogens is 254 g/mol. The Bertz CT molecular complexity index is 575. The maximum atomic E-state index is 12.4. The lowest BCUT2D eigenvalue weighted by atomic mass is 9.92. The number of ketones is 1. The highest BCUT2D eigenvalue weighted by atomic mass is 16.1. The lowest BCUT2D eigenvalue weighted by molar-refractivity contribution is 0.0901. The number of aromatic nitrogens is 4. The minimum absolute atomic E-state index is 0.0459. The summed E-state index contributed by atoms with van der Waals surface area (Å²) in [6.45, 7) is 1.51. The number of nitrogens with zero attached hydrogens (tertiary/aromatic N) is 5. The summed E-state index contributed by atoms with van der Waals surface area (Å²) >= 11 is 0. The van der Waals surface area contributed by atoms with Crippen molar-refractivity contribution in [2.24, 2.45) is 5.92 Å². The SMILES string of the molecule is O=C(c1ccccn1)[C@H]1CCCN(c2ncncn2)C1. The van der Waals surface area contributed by atoms with Crippen LogP contribution in [0.2, 0.25) is 0 Å². The van der Waals surface area contributed by atoms with Gasteiger partial charge in [-0.15, -0.1) is 0 Å². The van der Waals surface area contributed by atoms with Crippen molar-refractivity contribution in [1.82, 2.24) is 19.9 Å². The predicted molar refractivity (Wildman–Crippen MR) is 73.3 cm³/mol. The van der Waals surface area contributed by atoms with Crippen LogP contribution in [0.15, 0.2) is 37.1 Å². The molecular formula is C14H15N5O. The van der Waals surface area contributed by atoms with Crippen LogP contribution in [0.4, 0.5) is 5.95 Å². The van der Waals surface area contributed by atoms with Gasteiger partial charge in [-0.05, 0) is 25.0 Å². The Morgan fingerprint density at radius 1 is 1.20 bits per heavy atom. The molecule has 0 N–H and O–H groups in total. The van der Waals surface area contributed by atoms with Crippen LogP contribution >= 0.6 is 0 Å². The highest BCUT2D eigenvalue weighted by molar-refractivity contribution is 5.96. The molecule has 1 aliphatic heterocycles. The molecule has 1 atom stereocenters. The average Bonchev–Trinajstić information content (AvgIpc) is 2.56. The van der Waals surface area contributed by atoms with Crippen molar-refractivity contribution in [3.8, 4) is 0 Å². The Hall–Kier alpha value is -2.37. The second-order valence-electron chi connectivity index (χ2n) is 4.80. The Kier molecular flexibility index (Phi) is 3.62. The first kappa shape index (κ1) is 12.7. The second-order valence-corrected chi connectivity index (χ2v) is 4.80. The normalized spacial score (nSPS) is 18.8. The number of pyridine rings is 1. The molecule has 20 heavy (non-hydrogen) atoms. The Balaban J connectivity index is 1.74. The molecule has 0 radical (unpaired) electrons. The van der Waals surface area contributed by atoms with Crippen LogP contribution < -0.4 is 4.90 Å². The summed E-state index contributed by atoms with van der Waals surface area (Å²) in [7, 11) is 0. The molecule has 2 aromatic rings. The van der Waals surface area contributed by atoms with Crippen LogP contribution in [-0.4, -0.2) is 38.8 Å². The fraction of sp³-hybridized carbons (Fsp3) is 0.357. The van der Waals surface area contributed by atoms with E-state index in [1.165, 1.54) is 12.7 Å². The zero-order valence-corrected chi connectivity index (χ0v) is 11.0. The van der Waals surface area contributed by atoms with Gasteiger partial charge < -0.3 is 4.90 Å². The van der Waals surface area contributed by atoms with Crippen LogP contribution in [-0.2, 0) is 0 Å². The number of rotatable bonds is 3. The maximum Gasteiger partial charge on any atom is 0.228 e. The monoisotopic (exact) mass is 269 g/mol. The molecule has 2 aromatic heterocycles. The van der Waals surface area contributed by atoms with E-state index in [9.17, 15) is 4.79 Å². The highest BCUT2D eigenvalue weighted by Gasteiger charge is 2.28. The van der Waals surface area contributed by atoms with Crippen LogP contribution in [0, 0.1) is 5.92 Å². The molecule has 1 aliphatic rings. The van der Waals surface area contributed by atoms with Crippen molar-refractivity contribution < 1.29 is 4.79 Å². The van der Waals surface area contributed by atoms with Crippen molar-refractivity contribution in [1.29, 1.82) is 0 Å². The van der Waals surface area contributed by atoms with Crippen LogP contribution in [0.3, 0.4) is 0 Å². The zero-order chi connectivity index (χ0) is 13.8. The standard InChI is InChI=1S/C14H15N5O/c20-13(12-5-1-2-6-16-12)11-4-3-7-19(8-11)14-17-9-15-10-18-14/h1-2,5-6,9-11H,3-4,7-8H2/t11-/m0/s1. The van der Waals surface area contributed by atoms with Gasteiger partial charge in [0.1, 0.15) is 18.3 Å². The van der Waals surface area contributed by atoms with E-state index < -0.39 is 0 Å². The predicted octanol–water partition coefficient (Wildman–Crippen LogP) is 1.37. The van der Waals surface area contributed by atoms with E-state index in [-0.39, 0.29) is 11.7 Å². The van der Waals surface area contributed by atoms with Crippen molar-refractivity contribution in [3.05, 3.63) is 42.7 Å². The summed E-state index contributed by atoms with van der Waals surface area (Å²) in [4.78, 5) is 30.7. The lowest BCUT2D eigenvalue weighted by Crippen LogP contribution is -2.39. The molecule has 0 unspecified atom stereocenters. The molecule has 0 bridgehead atoms. The molecule has 102 valence electrons. The van der Waals surface area contributed by atoms with Gasteiger partial charge in [-0.2, -0.15) is 0 Å². The molecule has 0 amide bonds. The largest absolute Gasteiger partial charge is 0.340 e. The summed E-state index contributed by atoms with van der Waals surface area (Å²) in [5.74, 6) is 0.693. The van der Waals surface area contributed by atoms with E-state index in [1.54, 1.807) is 12.3 Å². The molecule has 3 rings (SSSR count). The summed E-state index contributed by atoms with van der Waals surface area (Å²) in [6, 6.07) is 5.42. The van der Waals surface area contributed by atoms with Gasteiger partial charge in [0.05, 0.1) is 0 Å². The van der Waals surface area contributed by atoms with Crippen molar-refractivity contribution in [2.45, 2.75) is 12.8 Å². The van der Waals surface area contributed by atoms with Gasteiger partial charge in [0.2, 0.25) is 5.95 Å². The van der Waals surface area contributed by atoms with Crippen LogP contribution in [0.25, 0.3) is 0 Å². The molecule has 0 saturated carbocycles. The van der Waals surface area contributed by atoms with Gasteiger partial charge in [-0.3, -0.25) is 9.78 Å². The van der Waals surface area contributed by atoms with E-state index in [4.69, 9.17) is 0 Å². The first-order valence-corrected chi connectivity index (χ1v) is 6.67. The van der Waals surface area contributed by atoms with Gasteiger partial charge in [0, 0.05) is 25.2 Å². The minimum atomic E-state index is -0.0459. The topological polar surface area (TPSA) is 71.9 Å². The number of hydrogen-bond donors (Lipinski definition) is 0. The minimum Gasteiger partial charge on any atom is -0.340 e. The van der Waals surface area contributed by atoms with Gasteiger partial charge in [-0.1, -0.05) is 6.07 Å². The smallest absolute Gasteiger partial charge is 0.228 e. The first-order chi connectivity index (χ1) is 9.84. The number of hydrogen-bond acceptors (Lipinski definition) is 6. The van der Waals surface area contributed by atoms with Crippen LogP contribution in [0.5, 0.6) is 0 Å². The summed E-state index contributed by atoms with van der Waals surface area (Å²) < 4.78 is 0. The maximum absolute atomic E-state index is 12.4. The van der Waals surface area contributed by atoms with Gasteiger partial charge in [0.15, 0.2) is 5.78 Å². The summed E-state index contributed by atoms with van der Waals surface area (Å²) in [5, 5.41) is 0. The van der Waals surface area contributed by atoms with Gasteiger partial charge >= 0.3 is 0 Å². The van der Waals surface area contributed by atoms with Crippen molar-refractivity contribution in [3.63, 3.8) is 0 Å². The summed E-state index contributed by atoms with van der Waals surface area (Å²) in [6.07, 6.45) is 6.45. The van der Waals surface area contributed by atoms with Gasteiger partial charge in [-0.25, -0.2) is 15.0 Å². The molecule has 1 saturated heterocycles. The van der Waals surface area contributed by atoms with Gasteiger partial charge in [0.25, 0.3) is 0 Å². The van der Waals surface area contributed by atoms with E-state index in [0.29, 0.717) is 18.2 Å². The Labute approximate surface area is 116 Å². The Morgan fingerprint density at radius 3 is 2.80 bits per heavy atom. The number of carbonyl (C=O) groups excluding carboxylic acids is 1. The average molecular weight is 269 g/mol. The number of carbonyl (C=O) groups is 1. The fourth-order valence-corrected chi connectivity index (χ4v) is 2.49. The van der Waals surface area contributed by atoms with Crippen molar-refractivity contribution in [2.75, 3.05) is 18.0 Å². The molecule has 0 aliphatic carbocycles. The zero-order valence-electron chi connectivity index (χ0n) is 11.0. The number of piperidine rings is 1. The van der Waals surface area contributed by atoms with Crippen molar-refractivity contribution >= 4 is 11.7 Å². The van der Waals surface area contributed by atoms with E-state index in [0.717, 1.165) is 19.4 Å². The second kappa shape index (κ2) is 5.73.